The maximum absolute atomic E-state index is 12.4. The molecule has 2 aromatic carbocycles. The van der Waals surface area contributed by atoms with Gasteiger partial charge in [-0.15, -0.1) is 5.10 Å². The Balaban J connectivity index is 1.66. The summed E-state index contributed by atoms with van der Waals surface area (Å²) < 4.78 is 30.8. The van der Waals surface area contributed by atoms with Gasteiger partial charge in [-0.25, -0.2) is 9.67 Å². The van der Waals surface area contributed by atoms with Gasteiger partial charge in [0.05, 0.1) is 17.0 Å². The molecule has 0 saturated carbocycles. The van der Waals surface area contributed by atoms with Crippen LogP contribution in [-0.4, -0.2) is 32.9 Å². The third-order valence-corrected chi connectivity index (χ3v) is 4.08. The zero-order valence-electron chi connectivity index (χ0n) is 12.9. The number of alkyl halides is 2. The molecule has 0 aliphatic carbocycles. The third-order valence-electron chi connectivity index (χ3n) is 3.23. The van der Waals surface area contributed by atoms with Crippen LogP contribution in [-0.2, 0) is 0 Å². The molecule has 0 N–H and O–H groups in total. The highest BCUT2D eigenvalue weighted by atomic mass is 32.2. The lowest BCUT2D eigenvalue weighted by atomic mass is 10.1. The van der Waals surface area contributed by atoms with Gasteiger partial charge < -0.3 is 4.74 Å². The molecule has 0 bridgehead atoms. The smallest absolute Gasteiger partial charge is 0.387 e. The second-order valence-corrected chi connectivity index (χ2v) is 5.84. The summed E-state index contributed by atoms with van der Waals surface area (Å²) in [6.45, 7) is -2.98. The molecule has 0 radical (unpaired) electrons. The monoisotopic (exact) mass is 361 g/mol. The van der Waals surface area contributed by atoms with Gasteiger partial charge >= 0.3 is 6.61 Å². The number of hydrogen-bond donors (Lipinski definition) is 0. The number of hydrogen-bond acceptors (Lipinski definition) is 5. The molecule has 3 aromatic rings. The number of carbonyl (C=O) groups excluding carboxylic acids is 1. The Labute approximate surface area is 146 Å². The molecular formula is C17H13F2N3O2S. The van der Waals surface area contributed by atoms with Crippen LogP contribution in [0.1, 0.15) is 10.4 Å². The fourth-order valence-corrected chi connectivity index (χ4v) is 2.81. The largest absolute Gasteiger partial charge is 0.434 e. The number of rotatable bonds is 7. The summed E-state index contributed by atoms with van der Waals surface area (Å²) >= 11 is 1.13. The highest BCUT2D eigenvalue weighted by Gasteiger charge is 2.16. The lowest BCUT2D eigenvalue weighted by Crippen LogP contribution is -2.09. The number of halogens is 2. The molecule has 8 heteroatoms. The lowest BCUT2D eigenvalue weighted by molar-refractivity contribution is -0.0501. The second kappa shape index (κ2) is 7.89. The summed E-state index contributed by atoms with van der Waals surface area (Å²) in [5.74, 6) is -0.453. The van der Waals surface area contributed by atoms with Crippen molar-refractivity contribution in [1.29, 1.82) is 0 Å². The predicted molar refractivity (Wildman–Crippen MR) is 89.5 cm³/mol. The van der Waals surface area contributed by atoms with Gasteiger partial charge in [0.15, 0.2) is 5.78 Å². The summed E-state index contributed by atoms with van der Waals surface area (Å²) in [4.78, 5) is 16.4. The van der Waals surface area contributed by atoms with Crippen molar-refractivity contribution in [2.45, 2.75) is 11.8 Å². The van der Waals surface area contributed by atoms with Crippen LogP contribution in [0.3, 0.4) is 0 Å². The van der Waals surface area contributed by atoms with E-state index in [0.717, 1.165) is 17.4 Å². The Morgan fingerprint density at radius 1 is 1.12 bits per heavy atom. The van der Waals surface area contributed by atoms with E-state index >= 15 is 0 Å². The number of thioether (sulfide) groups is 1. The van der Waals surface area contributed by atoms with Crippen LogP contribution >= 0.6 is 11.8 Å². The first-order chi connectivity index (χ1) is 12.1. The van der Waals surface area contributed by atoms with Crippen LogP contribution in [0.4, 0.5) is 8.78 Å². The van der Waals surface area contributed by atoms with Crippen molar-refractivity contribution in [3.63, 3.8) is 0 Å². The average Bonchev–Trinajstić information content (AvgIpc) is 3.09. The zero-order valence-corrected chi connectivity index (χ0v) is 13.7. The fraction of sp³-hybridized carbons (Fsp3) is 0.118. The van der Waals surface area contributed by atoms with Gasteiger partial charge in [0.2, 0.25) is 5.16 Å². The summed E-state index contributed by atoms with van der Waals surface area (Å²) in [5, 5.41) is 4.70. The van der Waals surface area contributed by atoms with Crippen LogP contribution in [0.5, 0.6) is 5.75 Å². The SMILES string of the molecule is O=C(CSc1ncn(-c2ccccc2)n1)c1ccccc1OC(F)F. The molecule has 0 atom stereocenters. The molecule has 0 aliphatic rings. The molecule has 0 saturated heterocycles. The van der Waals surface area contributed by atoms with Crippen LogP contribution in [0, 0.1) is 0 Å². The molecule has 0 amide bonds. The summed E-state index contributed by atoms with van der Waals surface area (Å²) in [7, 11) is 0. The van der Waals surface area contributed by atoms with Crippen molar-refractivity contribution in [3.05, 3.63) is 66.5 Å². The number of carbonyl (C=O) groups is 1. The van der Waals surface area contributed by atoms with Crippen molar-refractivity contribution in [2.24, 2.45) is 0 Å². The van der Waals surface area contributed by atoms with Crippen LogP contribution in [0.25, 0.3) is 5.69 Å². The molecule has 3 rings (SSSR count). The van der Waals surface area contributed by atoms with Gasteiger partial charge in [-0.2, -0.15) is 8.78 Å². The summed E-state index contributed by atoms with van der Waals surface area (Å²) in [6, 6.07) is 15.3. The third kappa shape index (κ3) is 4.42. The quantitative estimate of drug-likeness (QED) is 0.473. The van der Waals surface area contributed by atoms with Crippen molar-refractivity contribution >= 4 is 17.5 Å². The average molecular weight is 361 g/mol. The second-order valence-electron chi connectivity index (χ2n) is 4.89. The molecular weight excluding hydrogens is 348 g/mol. The number of aromatic nitrogens is 3. The highest BCUT2D eigenvalue weighted by Crippen LogP contribution is 2.23. The normalized spacial score (nSPS) is 10.8. The molecule has 0 aliphatic heterocycles. The molecule has 0 spiro atoms. The van der Waals surface area contributed by atoms with Gasteiger partial charge in [0.25, 0.3) is 0 Å². The van der Waals surface area contributed by atoms with E-state index in [-0.39, 0.29) is 22.8 Å². The highest BCUT2D eigenvalue weighted by molar-refractivity contribution is 7.99. The van der Waals surface area contributed by atoms with Crippen LogP contribution in [0.15, 0.2) is 66.1 Å². The number of ether oxygens (including phenoxy) is 1. The van der Waals surface area contributed by atoms with E-state index in [0.29, 0.717) is 5.16 Å². The molecule has 128 valence electrons. The topological polar surface area (TPSA) is 57.0 Å². The van der Waals surface area contributed by atoms with E-state index in [2.05, 4.69) is 14.8 Å². The Kier molecular flexibility index (Phi) is 5.39. The fourth-order valence-electron chi connectivity index (χ4n) is 2.12. The van der Waals surface area contributed by atoms with Gasteiger partial charge in [-0.3, -0.25) is 4.79 Å². The van der Waals surface area contributed by atoms with E-state index in [1.807, 2.05) is 30.3 Å². The molecule has 1 aromatic heterocycles. The van der Waals surface area contributed by atoms with Crippen molar-refractivity contribution < 1.29 is 18.3 Å². The van der Waals surface area contributed by atoms with E-state index in [4.69, 9.17) is 0 Å². The van der Waals surface area contributed by atoms with Crippen molar-refractivity contribution in [3.8, 4) is 11.4 Å². The minimum atomic E-state index is -2.98. The van der Waals surface area contributed by atoms with Gasteiger partial charge in [0.1, 0.15) is 12.1 Å². The van der Waals surface area contributed by atoms with Crippen LogP contribution in [0.2, 0.25) is 0 Å². The maximum Gasteiger partial charge on any atom is 0.387 e. The number of benzene rings is 2. The van der Waals surface area contributed by atoms with Gasteiger partial charge in [0, 0.05) is 0 Å². The standard InChI is InChI=1S/C17H13F2N3O2S/c18-16(19)24-15-9-5-4-8-13(15)14(23)10-25-17-20-11-22(21-17)12-6-2-1-3-7-12/h1-9,11,16H,10H2. The minimum Gasteiger partial charge on any atom is -0.434 e. The van der Waals surface area contributed by atoms with E-state index in [1.165, 1.54) is 18.2 Å². The maximum atomic E-state index is 12.4. The summed E-state index contributed by atoms with van der Waals surface area (Å²) in [6.07, 6.45) is 1.55. The number of para-hydroxylation sites is 2. The first-order valence-corrected chi connectivity index (χ1v) is 8.29. The molecule has 25 heavy (non-hydrogen) atoms. The number of ketones is 1. The first kappa shape index (κ1) is 17.1. The summed E-state index contributed by atoms with van der Waals surface area (Å²) in [5.41, 5.74) is 0.960. The Bertz CT molecular complexity index is 856. The predicted octanol–water partition coefficient (Wildman–Crippen LogP) is 3.84. The van der Waals surface area contributed by atoms with E-state index < -0.39 is 6.61 Å². The van der Waals surface area contributed by atoms with Crippen LogP contribution < -0.4 is 4.74 Å². The molecule has 0 unspecified atom stereocenters. The van der Waals surface area contributed by atoms with Gasteiger partial charge in [-0.05, 0) is 24.3 Å². The van der Waals surface area contributed by atoms with Crippen molar-refractivity contribution in [1.82, 2.24) is 14.8 Å². The first-order valence-electron chi connectivity index (χ1n) is 7.30. The molecule has 0 fully saturated rings. The van der Waals surface area contributed by atoms with Gasteiger partial charge in [-0.1, -0.05) is 42.1 Å². The number of nitrogens with zero attached hydrogens (tertiary/aromatic N) is 3. The number of Topliss-reactive ketones (excluding diaryl/α,β-unsaturated/α-hetero) is 1. The Morgan fingerprint density at radius 2 is 1.84 bits per heavy atom. The zero-order chi connectivity index (χ0) is 17.6. The van der Waals surface area contributed by atoms with Crippen molar-refractivity contribution in [2.75, 3.05) is 5.75 Å². The van der Waals surface area contributed by atoms with E-state index in [9.17, 15) is 13.6 Å². The lowest BCUT2D eigenvalue weighted by Gasteiger charge is -2.08. The molecule has 1 heterocycles. The molecule has 5 nitrogen and oxygen atoms in total. The Morgan fingerprint density at radius 3 is 2.60 bits per heavy atom. The van der Waals surface area contributed by atoms with E-state index in [1.54, 1.807) is 17.1 Å². The Hall–Kier alpha value is -2.74. The minimum absolute atomic E-state index is 0.0163.